The predicted molar refractivity (Wildman–Crippen MR) is 99.9 cm³/mol. The highest BCUT2D eigenvalue weighted by Gasteiger charge is 2.09. The van der Waals surface area contributed by atoms with Gasteiger partial charge in [0.25, 0.3) is 0 Å². The molecule has 0 aliphatic rings. The molecule has 0 amide bonds. The largest absolute Gasteiger partial charge is 0.438 e. The zero-order chi connectivity index (χ0) is 17.2. The fourth-order valence-electron chi connectivity index (χ4n) is 2.54. The van der Waals surface area contributed by atoms with Crippen LogP contribution in [-0.2, 0) is 0 Å². The maximum Gasteiger partial charge on any atom is 0.229 e. The molecule has 4 aromatic rings. The number of hydrogen-bond acceptors (Lipinski definition) is 4. The van der Waals surface area contributed by atoms with Crippen LogP contribution in [-0.4, -0.2) is 15.2 Å². The SMILES string of the molecule is Cc1cc(Nc2cc3ccccc3c(Oc3ccc(Cl)cc3)n2)n[nH]1. The van der Waals surface area contributed by atoms with E-state index in [4.69, 9.17) is 16.3 Å². The third-order valence-corrected chi connectivity index (χ3v) is 3.95. The molecule has 6 heteroatoms. The van der Waals surface area contributed by atoms with E-state index in [2.05, 4.69) is 20.5 Å². The van der Waals surface area contributed by atoms with E-state index in [0.717, 1.165) is 16.5 Å². The number of anilines is 2. The summed E-state index contributed by atoms with van der Waals surface area (Å²) in [4.78, 5) is 4.60. The van der Waals surface area contributed by atoms with Crippen molar-refractivity contribution in [2.45, 2.75) is 6.92 Å². The van der Waals surface area contributed by atoms with Gasteiger partial charge in [-0.2, -0.15) is 10.1 Å². The smallest absolute Gasteiger partial charge is 0.229 e. The Morgan fingerprint density at radius 2 is 1.80 bits per heavy atom. The van der Waals surface area contributed by atoms with Crippen LogP contribution in [0.5, 0.6) is 11.6 Å². The molecule has 0 aliphatic heterocycles. The molecule has 0 aliphatic carbocycles. The summed E-state index contributed by atoms with van der Waals surface area (Å²) >= 11 is 5.94. The summed E-state index contributed by atoms with van der Waals surface area (Å²) in [7, 11) is 0. The van der Waals surface area contributed by atoms with E-state index in [9.17, 15) is 0 Å². The van der Waals surface area contributed by atoms with Gasteiger partial charge in [0, 0.05) is 22.2 Å². The third-order valence-electron chi connectivity index (χ3n) is 3.70. The molecule has 25 heavy (non-hydrogen) atoms. The third kappa shape index (κ3) is 3.41. The molecule has 0 unspecified atom stereocenters. The number of pyridine rings is 1. The maximum absolute atomic E-state index is 5.99. The van der Waals surface area contributed by atoms with Gasteiger partial charge in [0.15, 0.2) is 5.82 Å². The van der Waals surface area contributed by atoms with Crippen LogP contribution in [0.4, 0.5) is 11.6 Å². The van der Waals surface area contributed by atoms with E-state index < -0.39 is 0 Å². The number of fused-ring (bicyclic) bond motifs is 1. The average molecular weight is 351 g/mol. The molecule has 5 nitrogen and oxygen atoms in total. The first-order valence-corrected chi connectivity index (χ1v) is 8.17. The van der Waals surface area contributed by atoms with Gasteiger partial charge in [0.2, 0.25) is 5.88 Å². The highest BCUT2D eigenvalue weighted by molar-refractivity contribution is 6.30. The lowest BCUT2D eigenvalue weighted by Crippen LogP contribution is -1.97. The van der Waals surface area contributed by atoms with Crippen LogP contribution in [0.15, 0.2) is 60.7 Å². The van der Waals surface area contributed by atoms with Crippen molar-refractivity contribution in [1.29, 1.82) is 0 Å². The molecular formula is C19H15ClN4O. The lowest BCUT2D eigenvalue weighted by atomic mass is 10.1. The van der Waals surface area contributed by atoms with Gasteiger partial charge < -0.3 is 10.1 Å². The fourth-order valence-corrected chi connectivity index (χ4v) is 2.66. The number of nitrogens with one attached hydrogen (secondary N) is 2. The summed E-state index contributed by atoms with van der Waals surface area (Å²) in [5, 5.41) is 12.9. The fraction of sp³-hybridized carbons (Fsp3) is 0.0526. The van der Waals surface area contributed by atoms with Crippen LogP contribution in [0.3, 0.4) is 0 Å². The van der Waals surface area contributed by atoms with Crippen molar-refractivity contribution in [1.82, 2.24) is 15.2 Å². The normalized spacial score (nSPS) is 10.8. The first-order valence-electron chi connectivity index (χ1n) is 7.80. The van der Waals surface area contributed by atoms with Crippen LogP contribution >= 0.6 is 11.6 Å². The standard InChI is InChI=1S/C19H15ClN4O/c1-12-10-18(24-23-12)21-17-11-13-4-2-3-5-16(13)19(22-17)25-15-8-6-14(20)7-9-15/h2-11H,1H3,(H2,21,22,23,24). The van der Waals surface area contributed by atoms with E-state index in [-0.39, 0.29) is 0 Å². The molecule has 0 radical (unpaired) electrons. The van der Waals surface area contributed by atoms with Gasteiger partial charge >= 0.3 is 0 Å². The molecule has 2 heterocycles. The van der Waals surface area contributed by atoms with Crippen molar-refractivity contribution in [2.24, 2.45) is 0 Å². The molecular weight excluding hydrogens is 336 g/mol. The summed E-state index contributed by atoms with van der Waals surface area (Å²) in [6, 6.07) is 19.0. The quantitative estimate of drug-likeness (QED) is 0.513. The number of benzene rings is 2. The lowest BCUT2D eigenvalue weighted by Gasteiger charge is -2.11. The minimum Gasteiger partial charge on any atom is -0.438 e. The van der Waals surface area contributed by atoms with Gasteiger partial charge in [-0.1, -0.05) is 29.8 Å². The number of hydrogen-bond donors (Lipinski definition) is 2. The minimum atomic E-state index is 0.523. The van der Waals surface area contributed by atoms with Crippen LogP contribution in [0.1, 0.15) is 5.69 Å². The molecule has 2 aromatic heterocycles. The monoisotopic (exact) mass is 350 g/mol. The van der Waals surface area contributed by atoms with Gasteiger partial charge in [-0.3, -0.25) is 5.10 Å². The van der Waals surface area contributed by atoms with Crippen molar-refractivity contribution >= 4 is 34.0 Å². The molecule has 4 rings (SSSR count). The molecule has 124 valence electrons. The number of H-pyrrole nitrogens is 1. The Morgan fingerprint density at radius 3 is 2.56 bits per heavy atom. The van der Waals surface area contributed by atoms with Gasteiger partial charge in [-0.15, -0.1) is 0 Å². The Balaban J connectivity index is 1.74. The van der Waals surface area contributed by atoms with E-state index in [1.54, 1.807) is 12.1 Å². The number of rotatable bonds is 4. The molecule has 2 aromatic carbocycles. The number of aromatic nitrogens is 3. The minimum absolute atomic E-state index is 0.523. The first-order chi connectivity index (χ1) is 12.2. The number of aromatic amines is 1. The summed E-state index contributed by atoms with van der Waals surface area (Å²) < 4.78 is 5.99. The van der Waals surface area contributed by atoms with Crippen LogP contribution < -0.4 is 10.1 Å². The van der Waals surface area contributed by atoms with Crippen molar-refractivity contribution in [3.8, 4) is 11.6 Å². The molecule has 0 saturated heterocycles. The molecule has 0 bridgehead atoms. The van der Waals surface area contributed by atoms with Crippen LogP contribution in [0, 0.1) is 6.92 Å². The average Bonchev–Trinajstić information content (AvgIpc) is 3.02. The van der Waals surface area contributed by atoms with Crippen LogP contribution in [0.25, 0.3) is 10.8 Å². The maximum atomic E-state index is 5.99. The Morgan fingerprint density at radius 1 is 1.00 bits per heavy atom. The Kier molecular flexibility index (Phi) is 3.99. The zero-order valence-corrected chi connectivity index (χ0v) is 14.2. The van der Waals surface area contributed by atoms with Crippen LogP contribution in [0.2, 0.25) is 5.02 Å². The van der Waals surface area contributed by atoms with E-state index in [0.29, 0.717) is 28.3 Å². The molecule has 0 fully saturated rings. The number of ether oxygens (including phenoxy) is 1. The lowest BCUT2D eigenvalue weighted by molar-refractivity contribution is 0.470. The first kappa shape index (κ1) is 15.5. The topological polar surface area (TPSA) is 62.8 Å². The van der Waals surface area contributed by atoms with E-state index in [1.165, 1.54) is 0 Å². The Labute approximate surface area is 149 Å². The zero-order valence-electron chi connectivity index (χ0n) is 13.5. The van der Waals surface area contributed by atoms with E-state index in [1.807, 2.05) is 55.5 Å². The van der Waals surface area contributed by atoms with Crippen molar-refractivity contribution in [2.75, 3.05) is 5.32 Å². The molecule has 0 saturated carbocycles. The Bertz CT molecular complexity index is 1030. The highest BCUT2D eigenvalue weighted by Crippen LogP contribution is 2.31. The van der Waals surface area contributed by atoms with Gasteiger partial charge in [0.05, 0.1) is 0 Å². The second-order valence-corrected chi connectivity index (χ2v) is 6.09. The summed E-state index contributed by atoms with van der Waals surface area (Å²) in [5.74, 6) is 2.57. The highest BCUT2D eigenvalue weighted by atomic mass is 35.5. The Hall–Kier alpha value is -3.05. The van der Waals surface area contributed by atoms with Gasteiger partial charge in [0.1, 0.15) is 11.6 Å². The van der Waals surface area contributed by atoms with Crippen molar-refractivity contribution in [3.63, 3.8) is 0 Å². The van der Waals surface area contributed by atoms with Gasteiger partial charge in [-0.05, 0) is 48.7 Å². The predicted octanol–water partition coefficient (Wildman–Crippen LogP) is 5.46. The number of halogens is 1. The molecule has 2 N–H and O–H groups in total. The number of aryl methyl sites for hydroxylation is 1. The van der Waals surface area contributed by atoms with Gasteiger partial charge in [-0.25, -0.2) is 0 Å². The van der Waals surface area contributed by atoms with E-state index >= 15 is 0 Å². The molecule has 0 atom stereocenters. The summed E-state index contributed by atoms with van der Waals surface area (Å²) in [6.45, 7) is 1.95. The second kappa shape index (κ2) is 6.45. The number of nitrogens with zero attached hydrogens (tertiary/aromatic N) is 2. The molecule has 0 spiro atoms. The summed E-state index contributed by atoms with van der Waals surface area (Å²) in [6.07, 6.45) is 0. The van der Waals surface area contributed by atoms with Crippen molar-refractivity contribution < 1.29 is 4.74 Å². The second-order valence-electron chi connectivity index (χ2n) is 5.65. The summed E-state index contributed by atoms with van der Waals surface area (Å²) in [5.41, 5.74) is 0.973. The van der Waals surface area contributed by atoms with Crippen molar-refractivity contribution in [3.05, 3.63) is 71.4 Å².